The van der Waals surface area contributed by atoms with Gasteiger partial charge in [0.15, 0.2) is 0 Å². The van der Waals surface area contributed by atoms with E-state index < -0.39 is 5.82 Å². The summed E-state index contributed by atoms with van der Waals surface area (Å²) >= 11 is 0. The van der Waals surface area contributed by atoms with E-state index in [9.17, 15) is 9.18 Å². The number of aromatic nitrogens is 5. The van der Waals surface area contributed by atoms with Crippen LogP contribution in [0.25, 0.3) is 10.9 Å². The van der Waals surface area contributed by atoms with Crippen molar-refractivity contribution in [3.63, 3.8) is 0 Å². The first-order chi connectivity index (χ1) is 8.74. The summed E-state index contributed by atoms with van der Waals surface area (Å²) < 4.78 is 14.5. The molecule has 0 radical (unpaired) electrons. The van der Waals surface area contributed by atoms with Gasteiger partial charge in [-0.05, 0) is 18.2 Å². The molecule has 0 aliphatic carbocycles. The van der Waals surface area contributed by atoms with Crippen LogP contribution in [0.2, 0.25) is 0 Å². The maximum absolute atomic E-state index is 13.1. The second-order valence-corrected chi connectivity index (χ2v) is 3.77. The minimum atomic E-state index is -0.459. The minimum absolute atomic E-state index is 0.221. The van der Waals surface area contributed by atoms with E-state index in [0.29, 0.717) is 11.3 Å². The molecule has 3 aromatic rings. The summed E-state index contributed by atoms with van der Waals surface area (Å²) in [4.78, 5) is 20.1. The van der Waals surface area contributed by atoms with Crippen molar-refractivity contribution in [2.24, 2.45) is 0 Å². The van der Waals surface area contributed by atoms with Gasteiger partial charge in [-0.15, -0.1) is 0 Å². The topological polar surface area (TPSA) is 76.5 Å². The third kappa shape index (κ3) is 1.75. The van der Waals surface area contributed by atoms with E-state index in [1.165, 1.54) is 35.4 Å². The molecule has 0 aliphatic rings. The van der Waals surface area contributed by atoms with Crippen molar-refractivity contribution in [1.82, 2.24) is 24.7 Å². The highest BCUT2D eigenvalue weighted by Gasteiger charge is 2.06. The van der Waals surface area contributed by atoms with Crippen LogP contribution in [0.5, 0.6) is 0 Å². The van der Waals surface area contributed by atoms with Gasteiger partial charge in [0, 0.05) is 0 Å². The van der Waals surface area contributed by atoms with Crippen molar-refractivity contribution in [3.8, 4) is 0 Å². The number of H-pyrrole nitrogens is 1. The summed E-state index contributed by atoms with van der Waals surface area (Å²) in [6.45, 7) is 0.221. The number of halogens is 1. The lowest BCUT2D eigenvalue weighted by molar-refractivity contribution is 0.628. The Morgan fingerprint density at radius 1 is 1.33 bits per heavy atom. The molecule has 0 saturated heterocycles. The Morgan fingerprint density at radius 3 is 3.00 bits per heavy atom. The van der Waals surface area contributed by atoms with E-state index in [2.05, 4.69) is 20.2 Å². The molecule has 0 aliphatic heterocycles. The second kappa shape index (κ2) is 4.02. The second-order valence-electron chi connectivity index (χ2n) is 3.77. The summed E-state index contributed by atoms with van der Waals surface area (Å²) in [5.74, 6) is 0.0773. The monoisotopic (exact) mass is 245 g/mol. The zero-order valence-corrected chi connectivity index (χ0v) is 9.17. The maximum atomic E-state index is 13.1. The largest absolute Gasteiger partial charge is 0.291 e. The molecule has 7 heteroatoms. The zero-order valence-electron chi connectivity index (χ0n) is 9.17. The van der Waals surface area contributed by atoms with Gasteiger partial charge in [-0.2, -0.15) is 5.10 Å². The molecule has 6 nitrogen and oxygen atoms in total. The number of rotatable bonds is 2. The Balaban J connectivity index is 2.14. The smallest absolute Gasteiger partial charge is 0.261 e. The van der Waals surface area contributed by atoms with E-state index in [0.717, 1.165) is 0 Å². The summed E-state index contributed by atoms with van der Waals surface area (Å²) in [6.07, 6.45) is 2.76. The van der Waals surface area contributed by atoms with Crippen LogP contribution in [0.15, 0.2) is 35.6 Å². The Kier molecular flexibility index (Phi) is 2.36. The van der Waals surface area contributed by atoms with Crippen molar-refractivity contribution < 1.29 is 4.39 Å². The van der Waals surface area contributed by atoms with E-state index >= 15 is 0 Å². The van der Waals surface area contributed by atoms with Crippen LogP contribution >= 0.6 is 0 Å². The van der Waals surface area contributed by atoms with Crippen molar-refractivity contribution in [2.45, 2.75) is 6.54 Å². The number of benzene rings is 1. The lowest BCUT2D eigenvalue weighted by Crippen LogP contribution is -2.21. The number of nitrogens with one attached hydrogen (secondary N) is 1. The molecule has 0 unspecified atom stereocenters. The normalized spacial score (nSPS) is 10.9. The number of nitrogens with zero attached hydrogens (tertiary/aromatic N) is 4. The number of hydrogen-bond acceptors (Lipinski definition) is 4. The molecule has 0 bridgehead atoms. The van der Waals surface area contributed by atoms with E-state index in [1.807, 2.05) is 0 Å². The predicted molar refractivity (Wildman–Crippen MR) is 61.4 cm³/mol. The van der Waals surface area contributed by atoms with E-state index in [1.54, 1.807) is 0 Å². The Hall–Kier alpha value is -2.57. The summed E-state index contributed by atoms with van der Waals surface area (Å²) in [5.41, 5.74) is 0.158. The fourth-order valence-electron chi connectivity index (χ4n) is 1.71. The molecule has 1 aromatic carbocycles. The molecule has 1 N–H and O–H groups in total. The third-order valence-electron chi connectivity index (χ3n) is 2.57. The molecule has 2 aromatic heterocycles. The van der Waals surface area contributed by atoms with Gasteiger partial charge < -0.3 is 0 Å². The highest BCUT2D eigenvalue weighted by Crippen LogP contribution is 2.08. The molecule has 0 fully saturated rings. The summed E-state index contributed by atoms with van der Waals surface area (Å²) in [7, 11) is 0. The highest BCUT2D eigenvalue weighted by atomic mass is 19.1. The van der Waals surface area contributed by atoms with Crippen LogP contribution in [0.1, 0.15) is 5.82 Å². The molecule has 0 amide bonds. The number of hydrogen-bond donors (Lipinski definition) is 1. The summed E-state index contributed by atoms with van der Waals surface area (Å²) in [5, 5.41) is 6.59. The van der Waals surface area contributed by atoms with Crippen LogP contribution in [-0.2, 0) is 6.54 Å². The van der Waals surface area contributed by atoms with Gasteiger partial charge >= 0.3 is 0 Å². The first-order valence-electron chi connectivity index (χ1n) is 5.23. The van der Waals surface area contributed by atoms with Crippen LogP contribution in [0, 0.1) is 5.82 Å². The van der Waals surface area contributed by atoms with Gasteiger partial charge in [0.2, 0.25) is 0 Å². The molecule has 2 heterocycles. The molecular formula is C11H8FN5O. The van der Waals surface area contributed by atoms with Crippen LogP contribution < -0.4 is 5.56 Å². The van der Waals surface area contributed by atoms with Gasteiger partial charge in [-0.1, -0.05) is 0 Å². The lowest BCUT2D eigenvalue weighted by atomic mass is 10.2. The standard InChI is InChI=1S/C11H8FN5O/c12-7-1-2-9-8(3-7)11(18)17(6-14-9)4-10-13-5-15-16-10/h1-3,5-6H,4H2,(H,13,15,16). The molecular weight excluding hydrogens is 237 g/mol. The first kappa shape index (κ1) is 10.6. The molecule has 18 heavy (non-hydrogen) atoms. The maximum Gasteiger partial charge on any atom is 0.261 e. The van der Waals surface area contributed by atoms with Crippen molar-refractivity contribution in [1.29, 1.82) is 0 Å². The average molecular weight is 245 g/mol. The lowest BCUT2D eigenvalue weighted by Gasteiger charge is -2.04. The fraction of sp³-hybridized carbons (Fsp3) is 0.0909. The predicted octanol–water partition coefficient (Wildman–Crippen LogP) is 0.702. The van der Waals surface area contributed by atoms with Crippen LogP contribution in [0.4, 0.5) is 4.39 Å². The number of fused-ring (bicyclic) bond motifs is 1. The van der Waals surface area contributed by atoms with E-state index in [-0.39, 0.29) is 17.5 Å². The van der Waals surface area contributed by atoms with Gasteiger partial charge in [0.25, 0.3) is 5.56 Å². The van der Waals surface area contributed by atoms with Crippen molar-refractivity contribution in [2.75, 3.05) is 0 Å². The molecule has 0 spiro atoms. The van der Waals surface area contributed by atoms with E-state index in [4.69, 9.17) is 0 Å². The molecule has 3 rings (SSSR count). The van der Waals surface area contributed by atoms with Crippen LogP contribution in [-0.4, -0.2) is 24.7 Å². The Morgan fingerprint density at radius 2 is 2.22 bits per heavy atom. The average Bonchev–Trinajstić information content (AvgIpc) is 2.86. The molecule has 0 atom stereocenters. The summed E-state index contributed by atoms with van der Waals surface area (Å²) in [6, 6.07) is 3.93. The quantitative estimate of drug-likeness (QED) is 0.721. The van der Waals surface area contributed by atoms with Gasteiger partial charge in [-0.25, -0.2) is 14.4 Å². The minimum Gasteiger partial charge on any atom is -0.291 e. The highest BCUT2D eigenvalue weighted by molar-refractivity contribution is 5.77. The Labute approximate surface area is 100 Å². The third-order valence-corrected chi connectivity index (χ3v) is 2.57. The zero-order chi connectivity index (χ0) is 12.5. The SMILES string of the molecule is O=c1c2cc(F)ccc2ncn1Cc1ncn[nH]1. The van der Waals surface area contributed by atoms with Crippen molar-refractivity contribution >= 4 is 10.9 Å². The van der Waals surface area contributed by atoms with Crippen molar-refractivity contribution in [3.05, 3.63) is 52.8 Å². The van der Waals surface area contributed by atoms with Gasteiger partial charge in [-0.3, -0.25) is 14.5 Å². The van der Waals surface area contributed by atoms with Gasteiger partial charge in [0.1, 0.15) is 18.0 Å². The molecule has 0 saturated carbocycles. The van der Waals surface area contributed by atoms with Crippen LogP contribution in [0.3, 0.4) is 0 Å². The fourth-order valence-corrected chi connectivity index (χ4v) is 1.71. The van der Waals surface area contributed by atoms with Gasteiger partial charge in [0.05, 0.1) is 23.8 Å². The first-order valence-corrected chi connectivity index (χ1v) is 5.23. The Bertz CT molecular complexity index is 750. The molecule has 90 valence electrons. The number of aromatic amines is 1.